The van der Waals surface area contributed by atoms with E-state index in [-0.39, 0.29) is 6.54 Å². The first-order valence-electron chi connectivity index (χ1n) is 6.01. The standard InChI is InChI=1S/C13H19F3N2O/c1-17-6-7-18(10-13(14,15)16)9-11-4-3-5-12(8-11)19-2/h3-5,8,17H,6-7,9-10H2,1-2H3. The molecule has 0 radical (unpaired) electrons. The molecular weight excluding hydrogens is 257 g/mol. The Kier molecular flexibility index (Phi) is 6.11. The number of likely N-dealkylation sites (N-methyl/N-ethyl adjacent to an activating group) is 1. The maximum atomic E-state index is 12.5. The second-order valence-electron chi connectivity index (χ2n) is 4.28. The van der Waals surface area contributed by atoms with Gasteiger partial charge in [-0.25, -0.2) is 0 Å². The van der Waals surface area contributed by atoms with E-state index in [0.29, 0.717) is 18.8 Å². The summed E-state index contributed by atoms with van der Waals surface area (Å²) in [7, 11) is 3.25. The van der Waals surface area contributed by atoms with Gasteiger partial charge in [-0.2, -0.15) is 13.2 Å². The van der Waals surface area contributed by atoms with Crippen molar-refractivity contribution in [1.82, 2.24) is 10.2 Å². The van der Waals surface area contributed by atoms with Crippen LogP contribution in [0.2, 0.25) is 0 Å². The van der Waals surface area contributed by atoms with Gasteiger partial charge in [0, 0.05) is 19.6 Å². The Labute approximate surface area is 111 Å². The molecule has 1 aromatic carbocycles. The molecule has 0 aliphatic carbocycles. The molecule has 1 N–H and O–H groups in total. The third kappa shape index (κ3) is 6.45. The van der Waals surface area contributed by atoms with E-state index in [4.69, 9.17) is 4.74 Å². The lowest BCUT2D eigenvalue weighted by molar-refractivity contribution is -0.146. The first-order chi connectivity index (χ1) is 8.94. The first kappa shape index (κ1) is 15.8. The lowest BCUT2D eigenvalue weighted by atomic mass is 10.2. The lowest BCUT2D eigenvalue weighted by Crippen LogP contribution is -2.37. The summed E-state index contributed by atoms with van der Waals surface area (Å²) in [6, 6.07) is 7.09. The van der Waals surface area contributed by atoms with E-state index >= 15 is 0 Å². The normalized spacial score (nSPS) is 11.9. The maximum absolute atomic E-state index is 12.5. The number of methoxy groups -OCH3 is 1. The van der Waals surface area contributed by atoms with Crippen LogP contribution in [0.4, 0.5) is 13.2 Å². The van der Waals surface area contributed by atoms with Crippen LogP contribution in [0.15, 0.2) is 24.3 Å². The minimum Gasteiger partial charge on any atom is -0.497 e. The van der Waals surface area contributed by atoms with E-state index in [1.165, 1.54) is 12.0 Å². The van der Waals surface area contributed by atoms with Crippen molar-refractivity contribution < 1.29 is 17.9 Å². The Morgan fingerprint density at radius 2 is 2.05 bits per heavy atom. The molecule has 0 heterocycles. The second-order valence-corrected chi connectivity index (χ2v) is 4.28. The van der Waals surface area contributed by atoms with Crippen LogP contribution in [0.5, 0.6) is 5.75 Å². The van der Waals surface area contributed by atoms with Gasteiger partial charge in [0.15, 0.2) is 0 Å². The third-order valence-corrected chi connectivity index (χ3v) is 2.62. The molecule has 0 aliphatic heterocycles. The summed E-state index contributed by atoms with van der Waals surface area (Å²) in [6.07, 6.45) is -4.19. The molecule has 1 rings (SSSR count). The molecule has 0 amide bonds. The highest BCUT2D eigenvalue weighted by Gasteiger charge is 2.30. The van der Waals surface area contributed by atoms with E-state index in [1.54, 1.807) is 31.3 Å². The Morgan fingerprint density at radius 1 is 1.32 bits per heavy atom. The summed E-state index contributed by atoms with van der Waals surface area (Å²) >= 11 is 0. The number of alkyl halides is 3. The van der Waals surface area contributed by atoms with E-state index in [0.717, 1.165) is 5.56 Å². The van der Waals surface area contributed by atoms with Gasteiger partial charge in [0.25, 0.3) is 0 Å². The van der Waals surface area contributed by atoms with Gasteiger partial charge in [-0.3, -0.25) is 4.90 Å². The Balaban J connectivity index is 2.69. The summed E-state index contributed by atoms with van der Waals surface area (Å²) in [6.45, 7) is 0.192. The van der Waals surface area contributed by atoms with Gasteiger partial charge < -0.3 is 10.1 Å². The summed E-state index contributed by atoms with van der Waals surface area (Å²) in [4.78, 5) is 1.37. The molecule has 0 saturated heterocycles. The monoisotopic (exact) mass is 276 g/mol. The lowest BCUT2D eigenvalue weighted by Gasteiger charge is -2.23. The fraction of sp³-hybridized carbons (Fsp3) is 0.538. The Hall–Kier alpha value is -1.27. The average molecular weight is 276 g/mol. The molecular formula is C13H19F3N2O. The average Bonchev–Trinajstić information content (AvgIpc) is 2.34. The van der Waals surface area contributed by atoms with Crippen LogP contribution < -0.4 is 10.1 Å². The number of rotatable bonds is 7. The highest BCUT2D eigenvalue weighted by atomic mass is 19.4. The molecule has 3 nitrogen and oxygen atoms in total. The van der Waals surface area contributed by atoms with Crippen LogP contribution in [0, 0.1) is 0 Å². The number of hydrogen-bond donors (Lipinski definition) is 1. The molecule has 0 atom stereocenters. The van der Waals surface area contributed by atoms with E-state index in [1.807, 2.05) is 0 Å². The van der Waals surface area contributed by atoms with Crippen molar-refractivity contribution in [3.63, 3.8) is 0 Å². The second kappa shape index (κ2) is 7.35. The highest BCUT2D eigenvalue weighted by Crippen LogP contribution is 2.19. The third-order valence-electron chi connectivity index (χ3n) is 2.62. The van der Waals surface area contributed by atoms with Crippen molar-refractivity contribution in [2.45, 2.75) is 12.7 Å². The van der Waals surface area contributed by atoms with Crippen LogP contribution in [0.25, 0.3) is 0 Å². The van der Waals surface area contributed by atoms with Gasteiger partial charge in [-0.1, -0.05) is 12.1 Å². The molecule has 0 saturated carbocycles. The quantitative estimate of drug-likeness (QED) is 0.827. The predicted molar refractivity (Wildman–Crippen MR) is 68.3 cm³/mol. The summed E-state index contributed by atoms with van der Waals surface area (Å²) < 4.78 is 42.5. The van der Waals surface area contributed by atoms with Gasteiger partial charge in [0.1, 0.15) is 5.75 Å². The Bertz CT molecular complexity index is 382. The van der Waals surface area contributed by atoms with Crippen molar-refractivity contribution in [2.24, 2.45) is 0 Å². The number of hydrogen-bond acceptors (Lipinski definition) is 3. The molecule has 0 unspecified atom stereocenters. The van der Waals surface area contributed by atoms with Crippen LogP contribution in [0.3, 0.4) is 0 Å². The number of benzene rings is 1. The van der Waals surface area contributed by atoms with Crippen LogP contribution in [0.1, 0.15) is 5.56 Å². The topological polar surface area (TPSA) is 24.5 Å². The van der Waals surface area contributed by atoms with Crippen LogP contribution in [-0.2, 0) is 6.54 Å². The van der Waals surface area contributed by atoms with Gasteiger partial charge in [0.2, 0.25) is 0 Å². The molecule has 0 fully saturated rings. The fourth-order valence-electron chi connectivity index (χ4n) is 1.77. The van der Waals surface area contributed by atoms with Crippen molar-refractivity contribution in [3.05, 3.63) is 29.8 Å². The van der Waals surface area contributed by atoms with Crippen molar-refractivity contribution in [2.75, 3.05) is 33.8 Å². The predicted octanol–water partition coefficient (Wildman–Crippen LogP) is 2.28. The van der Waals surface area contributed by atoms with Gasteiger partial charge in [0.05, 0.1) is 13.7 Å². The van der Waals surface area contributed by atoms with Crippen molar-refractivity contribution in [1.29, 1.82) is 0 Å². The Morgan fingerprint density at radius 3 is 2.63 bits per heavy atom. The van der Waals surface area contributed by atoms with Crippen LogP contribution >= 0.6 is 0 Å². The molecule has 0 bridgehead atoms. The summed E-state index contributed by atoms with van der Waals surface area (Å²) in [5.41, 5.74) is 0.805. The van der Waals surface area contributed by atoms with E-state index < -0.39 is 12.7 Å². The SMILES string of the molecule is CNCCN(Cc1cccc(OC)c1)CC(F)(F)F. The molecule has 0 aliphatic rings. The summed E-state index contributed by atoms with van der Waals surface area (Å²) in [5, 5.41) is 2.86. The zero-order valence-corrected chi connectivity index (χ0v) is 11.1. The molecule has 19 heavy (non-hydrogen) atoms. The van der Waals surface area contributed by atoms with Gasteiger partial charge in [-0.15, -0.1) is 0 Å². The minimum absolute atomic E-state index is 0.248. The highest BCUT2D eigenvalue weighted by molar-refractivity contribution is 5.28. The van der Waals surface area contributed by atoms with Crippen molar-refractivity contribution in [3.8, 4) is 5.75 Å². The smallest absolute Gasteiger partial charge is 0.401 e. The zero-order chi connectivity index (χ0) is 14.3. The summed E-state index contributed by atoms with van der Waals surface area (Å²) in [5.74, 6) is 0.651. The maximum Gasteiger partial charge on any atom is 0.401 e. The zero-order valence-electron chi connectivity index (χ0n) is 11.1. The minimum atomic E-state index is -4.19. The molecule has 0 aromatic heterocycles. The number of ether oxygens (including phenoxy) is 1. The number of halogens is 3. The molecule has 0 spiro atoms. The fourth-order valence-corrected chi connectivity index (χ4v) is 1.77. The molecule has 108 valence electrons. The van der Waals surface area contributed by atoms with E-state index in [9.17, 15) is 13.2 Å². The number of nitrogens with zero attached hydrogens (tertiary/aromatic N) is 1. The first-order valence-corrected chi connectivity index (χ1v) is 6.01. The molecule has 6 heteroatoms. The van der Waals surface area contributed by atoms with E-state index in [2.05, 4.69) is 5.32 Å². The van der Waals surface area contributed by atoms with Gasteiger partial charge >= 0.3 is 6.18 Å². The van der Waals surface area contributed by atoms with Crippen LogP contribution in [-0.4, -0.2) is 44.9 Å². The molecule has 1 aromatic rings. The number of nitrogens with one attached hydrogen (secondary N) is 1. The largest absolute Gasteiger partial charge is 0.497 e. The van der Waals surface area contributed by atoms with Gasteiger partial charge in [-0.05, 0) is 24.7 Å². The van der Waals surface area contributed by atoms with Crippen molar-refractivity contribution >= 4 is 0 Å².